The maximum absolute atomic E-state index is 5.34. The van der Waals surface area contributed by atoms with Gasteiger partial charge in [0.2, 0.25) is 0 Å². The van der Waals surface area contributed by atoms with Crippen molar-refractivity contribution in [1.82, 2.24) is 10.2 Å². The summed E-state index contributed by atoms with van der Waals surface area (Å²) in [6.07, 6.45) is 5.69. The van der Waals surface area contributed by atoms with Crippen LogP contribution in [0.15, 0.2) is 16.7 Å². The molecule has 0 amide bonds. The van der Waals surface area contributed by atoms with Crippen molar-refractivity contribution >= 4 is 0 Å². The van der Waals surface area contributed by atoms with Gasteiger partial charge in [-0.05, 0) is 39.3 Å². The van der Waals surface area contributed by atoms with Crippen LogP contribution in [0.5, 0.6) is 0 Å². The van der Waals surface area contributed by atoms with Gasteiger partial charge in [0.15, 0.2) is 0 Å². The first-order valence-corrected chi connectivity index (χ1v) is 6.67. The second-order valence-electron chi connectivity index (χ2n) is 5.16. The van der Waals surface area contributed by atoms with E-state index in [1.165, 1.54) is 24.8 Å². The average molecular weight is 236 g/mol. The van der Waals surface area contributed by atoms with Crippen LogP contribution in [0.1, 0.15) is 37.5 Å². The Morgan fingerprint density at radius 1 is 1.53 bits per heavy atom. The molecule has 1 aromatic heterocycles. The summed E-state index contributed by atoms with van der Waals surface area (Å²) in [7, 11) is 2.20. The van der Waals surface area contributed by atoms with Gasteiger partial charge in [-0.3, -0.25) is 4.90 Å². The van der Waals surface area contributed by atoms with Crippen molar-refractivity contribution < 1.29 is 4.42 Å². The van der Waals surface area contributed by atoms with E-state index in [4.69, 9.17) is 4.42 Å². The molecule has 0 bridgehead atoms. The highest BCUT2D eigenvalue weighted by atomic mass is 16.3. The fraction of sp³-hybridized carbons (Fsp3) is 0.714. The molecule has 1 aromatic rings. The van der Waals surface area contributed by atoms with E-state index in [9.17, 15) is 0 Å². The topological polar surface area (TPSA) is 28.4 Å². The molecule has 17 heavy (non-hydrogen) atoms. The Balaban J connectivity index is 1.82. The molecule has 3 heteroatoms. The largest absolute Gasteiger partial charge is 0.469 e. The van der Waals surface area contributed by atoms with Gasteiger partial charge in [0.1, 0.15) is 5.76 Å². The minimum atomic E-state index is 0.616. The fourth-order valence-electron chi connectivity index (χ4n) is 2.18. The van der Waals surface area contributed by atoms with Crippen molar-refractivity contribution in [3.63, 3.8) is 0 Å². The normalized spacial score (nSPS) is 17.6. The van der Waals surface area contributed by atoms with Crippen LogP contribution in [0.2, 0.25) is 0 Å². The molecular weight excluding hydrogens is 212 g/mol. The highest BCUT2D eigenvalue weighted by Gasteiger charge is 2.22. The molecule has 0 aliphatic heterocycles. The molecule has 1 heterocycles. The predicted octanol–water partition coefficient (Wildman–Crippen LogP) is 2.55. The first kappa shape index (κ1) is 12.7. The number of hydrogen-bond acceptors (Lipinski definition) is 3. The van der Waals surface area contributed by atoms with Crippen molar-refractivity contribution in [3.8, 4) is 0 Å². The Labute approximate surface area is 104 Å². The number of likely N-dealkylation sites (N-methyl/N-ethyl adjacent to an activating group) is 1. The van der Waals surface area contributed by atoms with E-state index >= 15 is 0 Å². The van der Waals surface area contributed by atoms with Crippen molar-refractivity contribution in [1.29, 1.82) is 0 Å². The summed E-state index contributed by atoms with van der Waals surface area (Å²) >= 11 is 0. The van der Waals surface area contributed by atoms with E-state index in [0.717, 1.165) is 24.9 Å². The third-order valence-electron chi connectivity index (χ3n) is 3.70. The van der Waals surface area contributed by atoms with Gasteiger partial charge in [-0.2, -0.15) is 0 Å². The summed E-state index contributed by atoms with van der Waals surface area (Å²) in [6, 6.07) is 3.49. The average Bonchev–Trinajstić information content (AvgIpc) is 3.05. The third-order valence-corrected chi connectivity index (χ3v) is 3.70. The third kappa shape index (κ3) is 3.58. The van der Waals surface area contributed by atoms with Gasteiger partial charge in [-0.1, -0.05) is 6.92 Å². The Kier molecular flexibility index (Phi) is 4.24. The van der Waals surface area contributed by atoms with E-state index in [0.29, 0.717) is 6.04 Å². The van der Waals surface area contributed by atoms with Crippen molar-refractivity contribution in [3.05, 3.63) is 23.7 Å². The Bertz CT molecular complexity index is 344. The molecule has 1 atom stereocenters. The zero-order valence-electron chi connectivity index (χ0n) is 11.2. The number of furan rings is 1. The van der Waals surface area contributed by atoms with E-state index in [2.05, 4.69) is 30.3 Å². The van der Waals surface area contributed by atoms with E-state index in [-0.39, 0.29) is 0 Å². The number of nitrogens with one attached hydrogen (secondary N) is 1. The lowest BCUT2D eigenvalue weighted by molar-refractivity contribution is 0.220. The first-order chi connectivity index (χ1) is 8.20. The minimum Gasteiger partial charge on any atom is -0.469 e. The Morgan fingerprint density at radius 3 is 2.82 bits per heavy atom. The second-order valence-corrected chi connectivity index (χ2v) is 5.16. The lowest BCUT2D eigenvalue weighted by Gasteiger charge is -2.27. The van der Waals surface area contributed by atoms with Crippen LogP contribution < -0.4 is 5.32 Å². The van der Waals surface area contributed by atoms with Crippen LogP contribution in [0, 0.1) is 6.92 Å². The number of hydrogen-bond donors (Lipinski definition) is 1. The highest BCUT2D eigenvalue weighted by Crippen LogP contribution is 2.19. The van der Waals surface area contributed by atoms with Crippen molar-refractivity contribution in [2.45, 2.75) is 51.7 Å². The molecule has 1 aliphatic rings. The molecule has 1 N–H and O–H groups in total. The molecule has 2 rings (SSSR count). The van der Waals surface area contributed by atoms with Gasteiger partial charge >= 0.3 is 0 Å². The van der Waals surface area contributed by atoms with Gasteiger partial charge in [-0.15, -0.1) is 0 Å². The Hall–Kier alpha value is -0.800. The summed E-state index contributed by atoms with van der Waals surface area (Å²) in [5.41, 5.74) is 1.30. The van der Waals surface area contributed by atoms with E-state index in [1.807, 2.05) is 6.92 Å². The van der Waals surface area contributed by atoms with Crippen LogP contribution in [0.25, 0.3) is 0 Å². The predicted molar refractivity (Wildman–Crippen MR) is 70.0 cm³/mol. The molecule has 0 saturated heterocycles. The molecule has 1 aliphatic carbocycles. The standard InChI is InChI=1S/C14H24N2O/c1-4-14(9-15-13-5-6-13)16(3)10-12-7-8-17-11(12)2/h7-8,13-15H,4-6,9-10H2,1-3H3. The molecule has 0 aromatic carbocycles. The molecular formula is C14H24N2O. The molecule has 3 nitrogen and oxygen atoms in total. The monoisotopic (exact) mass is 236 g/mol. The summed E-state index contributed by atoms with van der Waals surface area (Å²) in [4.78, 5) is 2.42. The summed E-state index contributed by atoms with van der Waals surface area (Å²) < 4.78 is 5.34. The summed E-state index contributed by atoms with van der Waals surface area (Å²) in [5.74, 6) is 1.04. The lowest BCUT2D eigenvalue weighted by Crippen LogP contribution is -2.40. The SMILES string of the molecule is CCC(CNC1CC1)N(C)Cc1ccoc1C. The van der Waals surface area contributed by atoms with E-state index in [1.54, 1.807) is 6.26 Å². The number of rotatable bonds is 7. The Morgan fingerprint density at radius 2 is 2.29 bits per heavy atom. The fourth-order valence-corrected chi connectivity index (χ4v) is 2.18. The summed E-state index contributed by atoms with van der Waals surface area (Å²) in [6.45, 7) is 6.38. The van der Waals surface area contributed by atoms with Crippen LogP contribution in [-0.2, 0) is 6.54 Å². The van der Waals surface area contributed by atoms with Crippen molar-refractivity contribution in [2.24, 2.45) is 0 Å². The maximum atomic E-state index is 5.34. The molecule has 0 spiro atoms. The van der Waals surface area contributed by atoms with Gasteiger partial charge in [0.25, 0.3) is 0 Å². The number of nitrogens with zero attached hydrogens (tertiary/aromatic N) is 1. The highest BCUT2D eigenvalue weighted by molar-refractivity contribution is 5.15. The van der Waals surface area contributed by atoms with Gasteiger partial charge in [-0.25, -0.2) is 0 Å². The zero-order chi connectivity index (χ0) is 12.3. The van der Waals surface area contributed by atoms with Crippen LogP contribution in [0.4, 0.5) is 0 Å². The molecule has 1 fully saturated rings. The van der Waals surface area contributed by atoms with Crippen molar-refractivity contribution in [2.75, 3.05) is 13.6 Å². The quantitative estimate of drug-likeness (QED) is 0.788. The second kappa shape index (κ2) is 5.69. The van der Waals surface area contributed by atoms with Gasteiger partial charge in [0.05, 0.1) is 6.26 Å². The van der Waals surface area contributed by atoms with Crippen LogP contribution >= 0.6 is 0 Å². The smallest absolute Gasteiger partial charge is 0.105 e. The molecule has 0 radical (unpaired) electrons. The summed E-state index contributed by atoms with van der Waals surface area (Å²) in [5, 5.41) is 3.62. The molecule has 1 saturated carbocycles. The minimum absolute atomic E-state index is 0.616. The molecule has 1 unspecified atom stereocenters. The van der Waals surface area contributed by atoms with E-state index < -0.39 is 0 Å². The zero-order valence-corrected chi connectivity index (χ0v) is 11.2. The van der Waals surface area contributed by atoms with Crippen LogP contribution in [-0.4, -0.2) is 30.6 Å². The number of aryl methyl sites for hydroxylation is 1. The first-order valence-electron chi connectivity index (χ1n) is 6.67. The van der Waals surface area contributed by atoms with Crippen LogP contribution in [0.3, 0.4) is 0 Å². The lowest BCUT2D eigenvalue weighted by atomic mass is 10.1. The van der Waals surface area contributed by atoms with Gasteiger partial charge < -0.3 is 9.73 Å². The molecule has 96 valence electrons. The van der Waals surface area contributed by atoms with Gasteiger partial charge in [0, 0.05) is 30.7 Å². The maximum Gasteiger partial charge on any atom is 0.105 e.